The topological polar surface area (TPSA) is 76.0 Å². The molecule has 0 saturated heterocycles. The van der Waals surface area contributed by atoms with E-state index in [0.29, 0.717) is 17.8 Å². The second kappa shape index (κ2) is 10.6. The van der Waals surface area contributed by atoms with Gasteiger partial charge in [-0.1, -0.05) is 60.7 Å². The average molecular weight is 453 g/mol. The van der Waals surface area contributed by atoms with Crippen LogP contribution in [0.3, 0.4) is 0 Å². The van der Waals surface area contributed by atoms with Gasteiger partial charge in [-0.3, -0.25) is 9.59 Å². The maximum absolute atomic E-state index is 12.9. The highest BCUT2D eigenvalue weighted by Gasteiger charge is 2.18. The van der Waals surface area contributed by atoms with Crippen LogP contribution >= 0.6 is 0 Å². The molecule has 1 aromatic heterocycles. The Morgan fingerprint density at radius 2 is 1.50 bits per heavy atom. The molecule has 0 saturated carbocycles. The third-order valence-corrected chi connectivity index (χ3v) is 5.77. The second-order valence-electron chi connectivity index (χ2n) is 8.16. The molecule has 0 fully saturated rings. The zero-order chi connectivity index (χ0) is 23.9. The van der Waals surface area contributed by atoms with Gasteiger partial charge < -0.3 is 10.6 Å². The molecule has 2 amide bonds. The number of carbonyl (C=O) groups excluding carboxylic acids is 2. The third kappa shape index (κ3) is 5.41. The summed E-state index contributed by atoms with van der Waals surface area (Å²) < 4.78 is 1.85. The number of carbonyl (C=O) groups is 2. The Hall–Kier alpha value is -4.19. The van der Waals surface area contributed by atoms with Crippen molar-refractivity contribution in [1.82, 2.24) is 15.1 Å². The summed E-state index contributed by atoms with van der Waals surface area (Å²) >= 11 is 0. The first-order chi connectivity index (χ1) is 16.5. The lowest BCUT2D eigenvalue weighted by atomic mass is 10.1. The molecule has 34 heavy (non-hydrogen) atoms. The Morgan fingerprint density at radius 3 is 2.24 bits per heavy atom. The maximum atomic E-state index is 12.9. The molecule has 0 unspecified atom stereocenters. The Morgan fingerprint density at radius 1 is 0.853 bits per heavy atom. The molecule has 6 heteroatoms. The number of aromatic nitrogens is 2. The summed E-state index contributed by atoms with van der Waals surface area (Å²) in [4.78, 5) is 25.7. The average Bonchev–Trinajstić information content (AvgIpc) is 3.14. The summed E-state index contributed by atoms with van der Waals surface area (Å²) in [6.07, 6.45) is 0.916. The number of nitrogens with zero attached hydrogens (tertiary/aromatic N) is 2. The van der Waals surface area contributed by atoms with E-state index in [1.54, 1.807) is 24.3 Å². The van der Waals surface area contributed by atoms with Crippen LogP contribution in [0.1, 0.15) is 32.9 Å². The molecule has 172 valence electrons. The molecule has 0 radical (unpaired) electrons. The first kappa shape index (κ1) is 23.0. The molecular formula is C28H28N4O2. The fraction of sp³-hybridized carbons (Fsp3) is 0.179. The van der Waals surface area contributed by atoms with Gasteiger partial charge in [-0.25, -0.2) is 4.68 Å². The Balaban J connectivity index is 1.42. The van der Waals surface area contributed by atoms with Gasteiger partial charge in [0.05, 0.1) is 29.1 Å². The molecule has 4 rings (SSSR count). The molecule has 0 aliphatic heterocycles. The number of nitrogens with one attached hydrogen (secondary N) is 2. The molecule has 1 heterocycles. The van der Waals surface area contributed by atoms with E-state index in [2.05, 4.69) is 15.7 Å². The van der Waals surface area contributed by atoms with Crippen molar-refractivity contribution in [2.24, 2.45) is 0 Å². The Kier molecular flexibility index (Phi) is 7.18. The van der Waals surface area contributed by atoms with E-state index in [4.69, 9.17) is 0 Å². The quantitative estimate of drug-likeness (QED) is 0.409. The lowest BCUT2D eigenvalue weighted by Crippen LogP contribution is -2.27. The molecule has 0 spiro atoms. The van der Waals surface area contributed by atoms with Crippen molar-refractivity contribution < 1.29 is 9.59 Å². The highest BCUT2D eigenvalue weighted by Crippen LogP contribution is 2.20. The number of benzene rings is 3. The Bertz CT molecular complexity index is 1280. The van der Waals surface area contributed by atoms with Crippen LogP contribution < -0.4 is 10.6 Å². The van der Waals surface area contributed by atoms with Gasteiger partial charge in [0.1, 0.15) is 0 Å². The third-order valence-electron chi connectivity index (χ3n) is 5.77. The predicted molar refractivity (Wildman–Crippen MR) is 134 cm³/mol. The van der Waals surface area contributed by atoms with Gasteiger partial charge in [-0.15, -0.1) is 0 Å². The zero-order valence-corrected chi connectivity index (χ0v) is 19.4. The number of para-hydroxylation sites is 2. The van der Waals surface area contributed by atoms with Crippen molar-refractivity contribution in [2.45, 2.75) is 26.7 Å². The predicted octanol–water partition coefficient (Wildman–Crippen LogP) is 4.64. The van der Waals surface area contributed by atoms with E-state index in [-0.39, 0.29) is 18.2 Å². The van der Waals surface area contributed by atoms with Crippen molar-refractivity contribution in [1.29, 1.82) is 0 Å². The van der Waals surface area contributed by atoms with Crippen LogP contribution in [0.25, 0.3) is 5.69 Å². The monoisotopic (exact) mass is 452 g/mol. The van der Waals surface area contributed by atoms with E-state index in [1.807, 2.05) is 79.2 Å². The molecule has 6 nitrogen and oxygen atoms in total. The van der Waals surface area contributed by atoms with E-state index in [0.717, 1.165) is 34.6 Å². The van der Waals surface area contributed by atoms with Gasteiger partial charge in [0, 0.05) is 17.8 Å². The molecule has 3 aromatic carbocycles. The number of amides is 2. The lowest BCUT2D eigenvalue weighted by Gasteiger charge is -2.12. The highest BCUT2D eigenvalue weighted by atomic mass is 16.2. The van der Waals surface area contributed by atoms with E-state index in [9.17, 15) is 9.59 Å². The fourth-order valence-electron chi connectivity index (χ4n) is 3.96. The summed E-state index contributed by atoms with van der Waals surface area (Å²) in [6, 6.07) is 26.9. The molecule has 2 N–H and O–H groups in total. The van der Waals surface area contributed by atoms with Crippen LogP contribution in [0.4, 0.5) is 5.69 Å². The molecule has 4 aromatic rings. The largest absolute Gasteiger partial charge is 0.352 e. The van der Waals surface area contributed by atoms with Crippen LogP contribution in [-0.2, 0) is 17.6 Å². The number of anilines is 1. The molecule has 0 aliphatic rings. The van der Waals surface area contributed by atoms with Crippen molar-refractivity contribution in [3.63, 3.8) is 0 Å². The molecular weight excluding hydrogens is 424 g/mol. The molecule has 0 aliphatic carbocycles. The highest BCUT2D eigenvalue weighted by molar-refractivity contribution is 6.04. The van der Waals surface area contributed by atoms with Crippen LogP contribution in [-0.4, -0.2) is 28.1 Å². The summed E-state index contributed by atoms with van der Waals surface area (Å²) in [5.41, 5.74) is 5.66. The fourth-order valence-corrected chi connectivity index (χ4v) is 3.96. The van der Waals surface area contributed by atoms with Crippen LogP contribution in [0.2, 0.25) is 0 Å². The Labute approximate surface area is 199 Å². The summed E-state index contributed by atoms with van der Waals surface area (Å²) in [7, 11) is 0. The van der Waals surface area contributed by atoms with E-state index < -0.39 is 0 Å². The number of rotatable bonds is 8. The van der Waals surface area contributed by atoms with Crippen LogP contribution in [0.5, 0.6) is 0 Å². The van der Waals surface area contributed by atoms with Crippen molar-refractivity contribution in [3.8, 4) is 5.69 Å². The number of hydrogen-bond donors (Lipinski definition) is 2. The summed E-state index contributed by atoms with van der Waals surface area (Å²) in [6.45, 7) is 4.38. The van der Waals surface area contributed by atoms with Crippen LogP contribution in [0, 0.1) is 13.8 Å². The lowest BCUT2D eigenvalue weighted by molar-refractivity contribution is -0.115. The van der Waals surface area contributed by atoms with Gasteiger partial charge in [0.15, 0.2) is 0 Å². The SMILES string of the molecule is Cc1nn(-c2ccccc2)c(C)c1CC(=O)Nc1ccccc1C(=O)NCCc1ccccc1. The minimum absolute atomic E-state index is 0.175. The van der Waals surface area contributed by atoms with E-state index >= 15 is 0 Å². The normalized spacial score (nSPS) is 10.6. The molecule has 0 bridgehead atoms. The standard InChI is InChI=1S/C28H28N4O2/c1-20-25(21(2)32(31-20)23-13-7-4-8-14-23)19-27(33)30-26-16-10-9-15-24(26)28(34)29-18-17-22-11-5-3-6-12-22/h3-16H,17-19H2,1-2H3,(H,29,34)(H,30,33). The second-order valence-corrected chi connectivity index (χ2v) is 8.16. The summed E-state index contributed by atoms with van der Waals surface area (Å²) in [5, 5.41) is 10.5. The van der Waals surface area contributed by atoms with Gasteiger partial charge in [0.2, 0.25) is 5.91 Å². The zero-order valence-electron chi connectivity index (χ0n) is 19.4. The smallest absolute Gasteiger partial charge is 0.253 e. The number of aryl methyl sites for hydroxylation is 1. The van der Waals surface area contributed by atoms with Gasteiger partial charge in [0.25, 0.3) is 5.91 Å². The van der Waals surface area contributed by atoms with E-state index in [1.165, 1.54) is 0 Å². The van der Waals surface area contributed by atoms with Gasteiger partial charge in [-0.05, 0) is 50.1 Å². The van der Waals surface area contributed by atoms with Gasteiger partial charge in [-0.2, -0.15) is 5.10 Å². The molecule has 0 atom stereocenters. The first-order valence-electron chi connectivity index (χ1n) is 11.3. The minimum Gasteiger partial charge on any atom is -0.352 e. The number of hydrogen-bond acceptors (Lipinski definition) is 3. The minimum atomic E-state index is -0.212. The summed E-state index contributed by atoms with van der Waals surface area (Å²) in [5.74, 6) is -0.403. The van der Waals surface area contributed by atoms with Gasteiger partial charge >= 0.3 is 0 Å². The van der Waals surface area contributed by atoms with Crippen molar-refractivity contribution in [3.05, 3.63) is 113 Å². The maximum Gasteiger partial charge on any atom is 0.253 e. The first-order valence-corrected chi connectivity index (χ1v) is 11.3. The van der Waals surface area contributed by atoms with Crippen LogP contribution in [0.15, 0.2) is 84.9 Å². The van der Waals surface area contributed by atoms with Crippen molar-refractivity contribution in [2.75, 3.05) is 11.9 Å². The van der Waals surface area contributed by atoms with Crippen molar-refractivity contribution >= 4 is 17.5 Å².